The Balaban J connectivity index is 1.72. The van der Waals surface area contributed by atoms with E-state index in [4.69, 9.17) is 0 Å². The third-order valence-corrected chi connectivity index (χ3v) is 3.94. The number of nitrogens with zero attached hydrogens (tertiary/aromatic N) is 1. The highest BCUT2D eigenvalue weighted by atomic mass is 16.2. The largest absolute Gasteiger partial charge is 0.326 e. The molecule has 2 aromatic carbocycles. The fraction of sp³-hybridized carbons (Fsp3) is 0.222. The van der Waals surface area contributed by atoms with Gasteiger partial charge < -0.3 is 10.2 Å². The van der Waals surface area contributed by atoms with Crippen LogP contribution in [0.15, 0.2) is 54.6 Å². The van der Waals surface area contributed by atoms with Gasteiger partial charge in [-0.3, -0.25) is 9.59 Å². The van der Waals surface area contributed by atoms with Crippen LogP contribution in [0, 0.1) is 12.8 Å². The quantitative estimate of drug-likeness (QED) is 0.946. The molecule has 2 aromatic rings. The maximum Gasteiger partial charge on any atom is 0.229 e. The highest BCUT2D eigenvalue weighted by Gasteiger charge is 2.35. The van der Waals surface area contributed by atoms with Crippen LogP contribution in [-0.2, 0) is 9.59 Å². The third kappa shape index (κ3) is 2.86. The maximum absolute atomic E-state index is 12.3. The number of rotatable bonds is 3. The Morgan fingerprint density at radius 3 is 2.50 bits per heavy atom. The number of amides is 2. The summed E-state index contributed by atoms with van der Waals surface area (Å²) in [6, 6.07) is 17.1. The number of para-hydroxylation sites is 2. The Bertz CT molecular complexity index is 697. The van der Waals surface area contributed by atoms with Gasteiger partial charge in [0.05, 0.1) is 5.92 Å². The molecule has 2 amide bonds. The van der Waals surface area contributed by atoms with Crippen molar-refractivity contribution in [2.45, 2.75) is 13.3 Å². The number of aryl methyl sites for hydroxylation is 1. The zero-order valence-corrected chi connectivity index (χ0v) is 12.5. The normalized spacial score (nSPS) is 17.6. The van der Waals surface area contributed by atoms with E-state index in [1.54, 1.807) is 4.90 Å². The van der Waals surface area contributed by atoms with E-state index < -0.39 is 0 Å². The number of anilines is 2. The molecule has 112 valence electrons. The molecule has 22 heavy (non-hydrogen) atoms. The fourth-order valence-electron chi connectivity index (χ4n) is 2.75. The van der Waals surface area contributed by atoms with Crippen LogP contribution >= 0.6 is 0 Å². The lowest BCUT2D eigenvalue weighted by molar-refractivity contribution is -0.122. The molecule has 0 spiro atoms. The van der Waals surface area contributed by atoms with E-state index in [-0.39, 0.29) is 24.2 Å². The van der Waals surface area contributed by atoms with E-state index in [0.29, 0.717) is 6.54 Å². The minimum absolute atomic E-state index is 0.00233. The van der Waals surface area contributed by atoms with Crippen LogP contribution in [0.25, 0.3) is 0 Å². The first-order valence-electron chi connectivity index (χ1n) is 7.37. The zero-order valence-electron chi connectivity index (χ0n) is 12.5. The molecular formula is C18H18N2O2. The van der Waals surface area contributed by atoms with Crippen LogP contribution in [0.2, 0.25) is 0 Å². The van der Waals surface area contributed by atoms with Crippen molar-refractivity contribution in [3.63, 3.8) is 0 Å². The van der Waals surface area contributed by atoms with E-state index in [0.717, 1.165) is 16.9 Å². The van der Waals surface area contributed by atoms with Gasteiger partial charge in [-0.25, -0.2) is 0 Å². The van der Waals surface area contributed by atoms with E-state index >= 15 is 0 Å². The predicted octanol–water partition coefficient (Wildman–Crippen LogP) is 2.99. The average Bonchev–Trinajstić information content (AvgIpc) is 2.91. The Morgan fingerprint density at radius 1 is 1.09 bits per heavy atom. The molecule has 3 rings (SSSR count). The van der Waals surface area contributed by atoms with E-state index in [1.807, 2.05) is 61.5 Å². The first-order valence-corrected chi connectivity index (χ1v) is 7.37. The third-order valence-electron chi connectivity index (χ3n) is 3.94. The second kappa shape index (κ2) is 6.02. The van der Waals surface area contributed by atoms with Crippen molar-refractivity contribution in [3.05, 3.63) is 60.2 Å². The summed E-state index contributed by atoms with van der Waals surface area (Å²) in [5.41, 5.74) is 2.69. The number of carbonyl (C=O) groups excluding carboxylic acids is 2. The van der Waals surface area contributed by atoms with Crippen LogP contribution in [0.5, 0.6) is 0 Å². The van der Waals surface area contributed by atoms with Gasteiger partial charge >= 0.3 is 0 Å². The minimum atomic E-state index is -0.313. The molecule has 0 unspecified atom stereocenters. The number of benzene rings is 2. The lowest BCUT2D eigenvalue weighted by Gasteiger charge is -2.18. The lowest BCUT2D eigenvalue weighted by atomic mass is 10.1. The molecule has 4 nitrogen and oxygen atoms in total. The van der Waals surface area contributed by atoms with Gasteiger partial charge in [-0.2, -0.15) is 0 Å². The number of carbonyl (C=O) groups is 2. The topological polar surface area (TPSA) is 49.4 Å². The molecule has 1 aliphatic heterocycles. The summed E-state index contributed by atoms with van der Waals surface area (Å²) in [4.78, 5) is 26.3. The zero-order chi connectivity index (χ0) is 15.5. The summed E-state index contributed by atoms with van der Waals surface area (Å²) in [7, 11) is 0. The summed E-state index contributed by atoms with van der Waals surface area (Å²) < 4.78 is 0. The average molecular weight is 294 g/mol. The van der Waals surface area contributed by atoms with Crippen LogP contribution in [0.4, 0.5) is 11.4 Å². The highest BCUT2D eigenvalue weighted by Crippen LogP contribution is 2.28. The van der Waals surface area contributed by atoms with Crippen LogP contribution in [-0.4, -0.2) is 18.4 Å². The number of hydrogen-bond acceptors (Lipinski definition) is 2. The van der Waals surface area contributed by atoms with Crippen LogP contribution < -0.4 is 10.2 Å². The summed E-state index contributed by atoms with van der Waals surface area (Å²) >= 11 is 0. The highest BCUT2D eigenvalue weighted by molar-refractivity contribution is 6.03. The van der Waals surface area contributed by atoms with Crippen molar-refractivity contribution in [2.75, 3.05) is 16.8 Å². The van der Waals surface area contributed by atoms with Crippen molar-refractivity contribution in [1.29, 1.82) is 0 Å². The summed E-state index contributed by atoms with van der Waals surface area (Å²) in [5.74, 6) is -0.412. The first-order chi connectivity index (χ1) is 10.6. The summed E-state index contributed by atoms with van der Waals surface area (Å²) in [5, 5.41) is 2.87. The summed E-state index contributed by atoms with van der Waals surface area (Å²) in [6.45, 7) is 2.41. The van der Waals surface area contributed by atoms with E-state index in [9.17, 15) is 9.59 Å². The Labute approximate surface area is 129 Å². The maximum atomic E-state index is 12.3. The molecule has 1 fully saturated rings. The van der Waals surface area contributed by atoms with Crippen molar-refractivity contribution in [2.24, 2.45) is 5.92 Å². The van der Waals surface area contributed by atoms with Gasteiger partial charge in [0.25, 0.3) is 0 Å². The van der Waals surface area contributed by atoms with Gasteiger partial charge in [0.1, 0.15) is 0 Å². The first kappa shape index (κ1) is 14.3. The Hall–Kier alpha value is -2.62. The molecular weight excluding hydrogens is 276 g/mol. The van der Waals surface area contributed by atoms with Crippen molar-refractivity contribution < 1.29 is 9.59 Å². The number of nitrogens with one attached hydrogen (secondary N) is 1. The predicted molar refractivity (Wildman–Crippen MR) is 86.7 cm³/mol. The lowest BCUT2D eigenvalue weighted by Crippen LogP contribution is -2.28. The van der Waals surface area contributed by atoms with Crippen molar-refractivity contribution >= 4 is 23.2 Å². The smallest absolute Gasteiger partial charge is 0.229 e. The molecule has 1 N–H and O–H groups in total. The van der Waals surface area contributed by atoms with E-state index in [2.05, 4.69) is 5.32 Å². The van der Waals surface area contributed by atoms with Crippen LogP contribution in [0.1, 0.15) is 12.0 Å². The summed E-state index contributed by atoms with van der Waals surface area (Å²) in [6.07, 6.45) is 0.257. The molecule has 0 aliphatic carbocycles. The Kier molecular flexibility index (Phi) is 3.92. The molecule has 0 saturated carbocycles. The number of hydrogen-bond donors (Lipinski definition) is 1. The minimum Gasteiger partial charge on any atom is -0.326 e. The second-order valence-corrected chi connectivity index (χ2v) is 5.55. The molecule has 0 radical (unpaired) electrons. The Morgan fingerprint density at radius 2 is 1.77 bits per heavy atom. The van der Waals surface area contributed by atoms with Gasteiger partial charge in [-0.15, -0.1) is 0 Å². The van der Waals surface area contributed by atoms with Gasteiger partial charge in [0, 0.05) is 24.3 Å². The second-order valence-electron chi connectivity index (χ2n) is 5.55. The molecule has 4 heteroatoms. The van der Waals surface area contributed by atoms with Gasteiger partial charge in [-0.05, 0) is 30.7 Å². The van der Waals surface area contributed by atoms with Crippen molar-refractivity contribution in [1.82, 2.24) is 0 Å². The SMILES string of the molecule is Cc1ccccc1N1C[C@@H](C(=O)Nc2ccccc2)CC1=O. The molecule has 0 aromatic heterocycles. The van der Waals surface area contributed by atoms with Crippen LogP contribution in [0.3, 0.4) is 0 Å². The molecule has 1 aliphatic rings. The molecule has 0 bridgehead atoms. The molecule has 1 saturated heterocycles. The standard InChI is InChI=1S/C18H18N2O2/c1-13-7-5-6-10-16(13)20-12-14(11-17(20)21)18(22)19-15-8-3-2-4-9-15/h2-10,14H,11-12H2,1H3,(H,19,22)/t14-/m0/s1. The van der Waals surface area contributed by atoms with Gasteiger partial charge in [0.15, 0.2) is 0 Å². The molecule has 1 heterocycles. The van der Waals surface area contributed by atoms with Gasteiger partial charge in [-0.1, -0.05) is 36.4 Å². The molecule has 1 atom stereocenters. The van der Waals surface area contributed by atoms with Gasteiger partial charge in [0.2, 0.25) is 11.8 Å². The monoisotopic (exact) mass is 294 g/mol. The fourth-order valence-corrected chi connectivity index (χ4v) is 2.75. The van der Waals surface area contributed by atoms with E-state index in [1.165, 1.54) is 0 Å². The van der Waals surface area contributed by atoms with Crippen molar-refractivity contribution in [3.8, 4) is 0 Å².